The first-order valence-electron chi connectivity index (χ1n) is 8.26. The van der Waals surface area contributed by atoms with Crippen molar-refractivity contribution in [2.24, 2.45) is 5.41 Å². The standard InChI is InChI=1S/C18H31NO2S/c1-5-14-19(15-13-18(2,3)4)22(20,21)16-9-12-17-10-7-6-8-11-17/h6-8,10-11H,5,9,12-16H2,1-4H3. The maximum atomic E-state index is 12.6. The van der Waals surface area contributed by atoms with Crippen molar-refractivity contribution in [2.75, 3.05) is 18.8 Å². The molecule has 0 unspecified atom stereocenters. The zero-order chi connectivity index (χ0) is 16.6. The van der Waals surface area contributed by atoms with Crippen molar-refractivity contribution in [1.29, 1.82) is 0 Å². The average molecular weight is 326 g/mol. The van der Waals surface area contributed by atoms with E-state index in [1.165, 1.54) is 5.56 Å². The van der Waals surface area contributed by atoms with Crippen LogP contribution in [0, 0.1) is 5.41 Å². The third-order valence-electron chi connectivity index (χ3n) is 3.69. The molecule has 0 spiro atoms. The highest BCUT2D eigenvalue weighted by Gasteiger charge is 2.22. The van der Waals surface area contributed by atoms with Crippen LogP contribution in [-0.4, -0.2) is 31.6 Å². The first-order valence-corrected chi connectivity index (χ1v) is 9.87. The highest BCUT2D eigenvalue weighted by Crippen LogP contribution is 2.20. The van der Waals surface area contributed by atoms with Gasteiger partial charge in [-0.15, -0.1) is 0 Å². The second kappa shape index (κ2) is 8.68. The minimum absolute atomic E-state index is 0.158. The van der Waals surface area contributed by atoms with Gasteiger partial charge in [-0.25, -0.2) is 12.7 Å². The van der Waals surface area contributed by atoms with Crippen LogP contribution in [0.15, 0.2) is 30.3 Å². The zero-order valence-electron chi connectivity index (χ0n) is 14.5. The lowest BCUT2D eigenvalue weighted by atomic mass is 9.92. The third-order valence-corrected chi connectivity index (χ3v) is 5.64. The fourth-order valence-corrected chi connectivity index (χ4v) is 3.93. The highest BCUT2D eigenvalue weighted by atomic mass is 32.2. The average Bonchev–Trinajstić information content (AvgIpc) is 2.43. The lowest BCUT2D eigenvalue weighted by Gasteiger charge is -2.26. The van der Waals surface area contributed by atoms with Crippen molar-refractivity contribution >= 4 is 10.0 Å². The van der Waals surface area contributed by atoms with E-state index < -0.39 is 10.0 Å². The number of rotatable bonds is 9. The maximum absolute atomic E-state index is 12.6. The summed E-state index contributed by atoms with van der Waals surface area (Å²) >= 11 is 0. The van der Waals surface area contributed by atoms with Crippen LogP contribution in [0.1, 0.15) is 52.5 Å². The maximum Gasteiger partial charge on any atom is 0.214 e. The fraction of sp³-hybridized carbons (Fsp3) is 0.667. The van der Waals surface area contributed by atoms with Crippen LogP contribution in [0.4, 0.5) is 0 Å². The van der Waals surface area contributed by atoms with E-state index in [-0.39, 0.29) is 11.2 Å². The molecule has 0 atom stereocenters. The highest BCUT2D eigenvalue weighted by molar-refractivity contribution is 7.89. The molecule has 3 nitrogen and oxygen atoms in total. The van der Waals surface area contributed by atoms with E-state index in [1.807, 2.05) is 25.1 Å². The topological polar surface area (TPSA) is 37.4 Å². The summed E-state index contributed by atoms with van der Waals surface area (Å²) in [4.78, 5) is 0. The van der Waals surface area contributed by atoms with Gasteiger partial charge < -0.3 is 0 Å². The molecule has 0 amide bonds. The minimum atomic E-state index is -3.14. The molecule has 0 fully saturated rings. The Morgan fingerprint density at radius 2 is 1.68 bits per heavy atom. The summed E-state index contributed by atoms with van der Waals surface area (Å²) in [6.45, 7) is 9.75. The number of sulfonamides is 1. The SMILES string of the molecule is CCCN(CCC(C)(C)C)S(=O)(=O)CCCc1ccccc1. The van der Waals surface area contributed by atoms with Crippen LogP contribution in [0.2, 0.25) is 0 Å². The van der Waals surface area contributed by atoms with E-state index in [2.05, 4.69) is 32.9 Å². The molecule has 0 N–H and O–H groups in total. The van der Waals surface area contributed by atoms with Crippen LogP contribution >= 0.6 is 0 Å². The van der Waals surface area contributed by atoms with Gasteiger partial charge in [-0.1, -0.05) is 58.0 Å². The molecule has 1 aromatic carbocycles. The predicted molar refractivity (Wildman–Crippen MR) is 94.5 cm³/mol. The number of nitrogens with zero attached hydrogens (tertiary/aromatic N) is 1. The Morgan fingerprint density at radius 1 is 1.05 bits per heavy atom. The Hall–Kier alpha value is -0.870. The van der Waals surface area contributed by atoms with E-state index in [9.17, 15) is 8.42 Å². The van der Waals surface area contributed by atoms with Gasteiger partial charge in [0.25, 0.3) is 0 Å². The first kappa shape index (κ1) is 19.2. The van der Waals surface area contributed by atoms with E-state index in [1.54, 1.807) is 4.31 Å². The molecule has 0 radical (unpaired) electrons. The largest absolute Gasteiger partial charge is 0.214 e. The Morgan fingerprint density at radius 3 is 2.23 bits per heavy atom. The minimum Gasteiger partial charge on any atom is -0.212 e. The van der Waals surface area contributed by atoms with Gasteiger partial charge in [-0.3, -0.25) is 0 Å². The van der Waals surface area contributed by atoms with Crippen molar-refractivity contribution in [1.82, 2.24) is 4.31 Å². The second-order valence-corrected chi connectivity index (χ2v) is 9.20. The Labute approximate surface area is 136 Å². The molecule has 1 aromatic rings. The van der Waals surface area contributed by atoms with Crippen LogP contribution in [0.25, 0.3) is 0 Å². The Kier molecular flexibility index (Phi) is 7.57. The molecule has 0 saturated heterocycles. The summed E-state index contributed by atoms with van der Waals surface area (Å²) in [6, 6.07) is 10.1. The second-order valence-electron chi connectivity index (χ2n) is 7.11. The number of hydrogen-bond acceptors (Lipinski definition) is 2. The lowest BCUT2D eigenvalue weighted by Crippen LogP contribution is -2.36. The molecule has 0 aliphatic rings. The van der Waals surface area contributed by atoms with Crippen molar-refractivity contribution in [3.63, 3.8) is 0 Å². The zero-order valence-corrected chi connectivity index (χ0v) is 15.3. The molecular weight excluding hydrogens is 294 g/mol. The summed E-state index contributed by atoms with van der Waals surface area (Å²) in [5.41, 5.74) is 1.36. The monoisotopic (exact) mass is 325 g/mol. The first-order chi connectivity index (χ1) is 10.2. The van der Waals surface area contributed by atoms with E-state index in [4.69, 9.17) is 0 Å². The van der Waals surface area contributed by atoms with Crippen LogP contribution < -0.4 is 0 Å². The van der Waals surface area contributed by atoms with Crippen LogP contribution in [-0.2, 0) is 16.4 Å². The molecule has 0 aromatic heterocycles. The molecule has 4 heteroatoms. The fourth-order valence-electron chi connectivity index (χ4n) is 2.33. The van der Waals surface area contributed by atoms with Crippen molar-refractivity contribution < 1.29 is 8.42 Å². The number of benzene rings is 1. The van der Waals surface area contributed by atoms with Gasteiger partial charge in [0.05, 0.1) is 5.75 Å². The van der Waals surface area contributed by atoms with Gasteiger partial charge in [0, 0.05) is 13.1 Å². The van der Waals surface area contributed by atoms with Crippen molar-refractivity contribution in [2.45, 2.75) is 53.4 Å². The molecule has 0 saturated carbocycles. The van der Waals surface area contributed by atoms with Crippen LogP contribution in [0.3, 0.4) is 0 Å². The smallest absolute Gasteiger partial charge is 0.212 e. The molecule has 0 aliphatic heterocycles. The number of aryl methyl sites for hydroxylation is 1. The summed E-state index contributed by atoms with van der Waals surface area (Å²) in [5.74, 6) is 0.242. The normalized spacial score (nSPS) is 12.8. The van der Waals surface area contributed by atoms with Gasteiger partial charge in [-0.2, -0.15) is 0 Å². The van der Waals surface area contributed by atoms with Crippen LogP contribution in [0.5, 0.6) is 0 Å². The van der Waals surface area contributed by atoms with Gasteiger partial charge in [0.1, 0.15) is 0 Å². The van der Waals surface area contributed by atoms with E-state index in [0.29, 0.717) is 19.5 Å². The molecule has 126 valence electrons. The van der Waals surface area contributed by atoms with Gasteiger partial charge >= 0.3 is 0 Å². The summed E-state index contributed by atoms with van der Waals surface area (Å²) in [5, 5.41) is 0. The molecule has 0 heterocycles. The van der Waals surface area contributed by atoms with E-state index >= 15 is 0 Å². The van der Waals surface area contributed by atoms with Gasteiger partial charge in [0.15, 0.2) is 0 Å². The Bertz CT molecular complexity index is 518. The van der Waals surface area contributed by atoms with Crippen molar-refractivity contribution in [3.8, 4) is 0 Å². The number of hydrogen-bond donors (Lipinski definition) is 0. The van der Waals surface area contributed by atoms with Gasteiger partial charge in [0.2, 0.25) is 10.0 Å². The molecule has 0 aliphatic carbocycles. The van der Waals surface area contributed by atoms with E-state index in [0.717, 1.165) is 19.3 Å². The molecule has 22 heavy (non-hydrogen) atoms. The summed E-state index contributed by atoms with van der Waals surface area (Å²) in [6.07, 6.45) is 3.26. The molecule has 0 bridgehead atoms. The third kappa shape index (κ3) is 7.41. The lowest BCUT2D eigenvalue weighted by molar-refractivity contribution is 0.310. The van der Waals surface area contributed by atoms with Gasteiger partial charge in [-0.05, 0) is 36.7 Å². The quantitative estimate of drug-likeness (QED) is 0.685. The summed E-state index contributed by atoms with van der Waals surface area (Å²) < 4.78 is 26.8. The Balaban J connectivity index is 2.55. The molecular formula is C18H31NO2S. The summed E-state index contributed by atoms with van der Waals surface area (Å²) in [7, 11) is -3.14. The van der Waals surface area contributed by atoms with Crippen molar-refractivity contribution in [3.05, 3.63) is 35.9 Å². The molecule has 1 rings (SSSR count). The predicted octanol–water partition coefficient (Wildman–Crippen LogP) is 4.10.